The molecule has 2 N–H and O–H groups in total. The van der Waals surface area contributed by atoms with Crippen LogP contribution in [0.2, 0.25) is 0 Å². The molecule has 3 aromatic rings. The summed E-state index contributed by atoms with van der Waals surface area (Å²) >= 11 is 0. The molecule has 4 rings (SSSR count). The van der Waals surface area contributed by atoms with E-state index in [1.807, 2.05) is 85.8 Å². The fourth-order valence-corrected chi connectivity index (χ4v) is 4.55. The lowest BCUT2D eigenvalue weighted by atomic mass is 9.98. The molecule has 0 heterocycles. The summed E-state index contributed by atoms with van der Waals surface area (Å²) in [5.41, 5.74) is 5.24. The molecule has 2 atom stereocenters. The minimum absolute atomic E-state index is 0.0735. The molecule has 0 aromatic heterocycles. The molecule has 0 bridgehead atoms. The number of nitrogens with zero attached hydrogens (tertiary/aromatic N) is 1. The minimum atomic E-state index is -1.25. The maximum Gasteiger partial charge on any atom is 0.407 e. The van der Waals surface area contributed by atoms with Gasteiger partial charge in [0, 0.05) is 13.0 Å². The van der Waals surface area contributed by atoms with Crippen LogP contribution in [0.15, 0.2) is 78.9 Å². The Kier molecular flexibility index (Phi) is 7.15. The number of ether oxygens (including phenoxy) is 1. The molecule has 1 aliphatic rings. The Morgan fingerprint density at radius 3 is 2.03 bits per heavy atom. The SMILES string of the molecule is CC(c1ccccc1)N(C)C(=O)C(CC(=O)O)NC(=O)OCC1c2ccccc2-c2ccccc21. The van der Waals surface area contributed by atoms with E-state index in [4.69, 9.17) is 4.74 Å². The number of aliphatic carboxylic acids is 1. The lowest BCUT2D eigenvalue weighted by Gasteiger charge is -2.29. The maximum atomic E-state index is 13.1. The van der Waals surface area contributed by atoms with Gasteiger partial charge in [-0.2, -0.15) is 0 Å². The number of amides is 2. The number of benzene rings is 3. The number of likely N-dealkylation sites (N-methyl/N-ethyl adjacent to an activating group) is 1. The second-order valence-electron chi connectivity index (χ2n) is 8.66. The summed E-state index contributed by atoms with van der Waals surface area (Å²) in [5.74, 6) is -1.83. The molecular formula is C28H28N2O5. The highest BCUT2D eigenvalue weighted by molar-refractivity contribution is 5.89. The van der Waals surface area contributed by atoms with Crippen LogP contribution in [0.1, 0.15) is 42.0 Å². The first-order chi connectivity index (χ1) is 16.9. The Bertz CT molecular complexity index is 1180. The topological polar surface area (TPSA) is 95.9 Å². The molecule has 0 aliphatic heterocycles. The molecule has 0 spiro atoms. The highest BCUT2D eigenvalue weighted by Crippen LogP contribution is 2.44. The molecule has 7 heteroatoms. The van der Waals surface area contributed by atoms with Gasteiger partial charge in [0.1, 0.15) is 12.6 Å². The average Bonchev–Trinajstić information content (AvgIpc) is 3.19. The second-order valence-corrected chi connectivity index (χ2v) is 8.66. The number of hydrogen-bond acceptors (Lipinski definition) is 4. The lowest BCUT2D eigenvalue weighted by Crippen LogP contribution is -2.49. The van der Waals surface area contributed by atoms with Crippen molar-refractivity contribution in [1.82, 2.24) is 10.2 Å². The van der Waals surface area contributed by atoms with Gasteiger partial charge in [0.15, 0.2) is 0 Å². The first kappa shape index (κ1) is 24.0. The zero-order valence-corrected chi connectivity index (χ0v) is 19.7. The molecule has 2 unspecified atom stereocenters. The van der Waals surface area contributed by atoms with Gasteiger partial charge in [0.05, 0.1) is 12.5 Å². The first-order valence-electron chi connectivity index (χ1n) is 11.5. The summed E-state index contributed by atoms with van der Waals surface area (Å²) in [4.78, 5) is 38.7. The van der Waals surface area contributed by atoms with Gasteiger partial charge in [-0.25, -0.2) is 4.79 Å². The van der Waals surface area contributed by atoms with Crippen molar-refractivity contribution in [3.63, 3.8) is 0 Å². The number of nitrogens with one attached hydrogen (secondary N) is 1. The summed E-state index contributed by atoms with van der Waals surface area (Å²) in [5, 5.41) is 11.8. The van der Waals surface area contributed by atoms with E-state index in [-0.39, 0.29) is 18.6 Å². The van der Waals surface area contributed by atoms with Crippen molar-refractivity contribution < 1.29 is 24.2 Å². The molecule has 2 amide bonds. The van der Waals surface area contributed by atoms with Crippen molar-refractivity contribution in [2.45, 2.75) is 31.3 Å². The van der Waals surface area contributed by atoms with E-state index < -0.39 is 30.4 Å². The van der Waals surface area contributed by atoms with E-state index in [0.717, 1.165) is 27.8 Å². The molecule has 180 valence electrons. The molecular weight excluding hydrogens is 444 g/mol. The van der Waals surface area contributed by atoms with Gasteiger partial charge in [-0.3, -0.25) is 9.59 Å². The van der Waals surface area contributed by atoms with Crippen molar-refractivity contribution >= 4 is 18.0 Å². The standard InChI is InChI=1S/C28H28N2O5/c1-18(19-10-4-3-5-11-19)30(2)27(33)25(16-26(31)32)29-28(34)35-17-24-22-14-8-6-12-20(22)21-13-7-9-15-23(21)24/h3-15,18,24-25H,16-17H2,1-2H3,(H,29,34)(H,31,32). The highest BCUT2D eigenvalue weighted by atomic mass is 16.5. The minimum Gasteiger partial charge on any atom is -0.481 e. The number of carboxylic acid groups (broad SMARTS) is 1. The molecule has 0 saturated heterocycles. The van der Waals surface area contributed by atoms with Crippen LogP contribution in [-0.4, -0.2) is 47.7 Å². The van der Waals surface area contributed by atoms with Crippen molar-refractivity contribution in [3.05, 3.63) is 95.6 Å². The van der Waals surface area contributed by atoms with E-state index in [1.165, 1.54) is 4.90 Å². The lowest BCUT2D eigenvalue weighted by molar-refractivity contribution is -0.142. The van der Waals surface area contributed by atoms with Gasteiger partial charge in [-0.05, 0) is 34.7 Å². The van der Waals surface area contributed by atoms with E-state index in [2.05, 4.69) is 5.32 Å². The number of rotatable bonds is 8. The number of alkyl carbamates (subject to hydrolysis) is 1. The van der Waals surface area contributed by atoms with Gasteiger partial charge in [-0.15, -0.1) is 0 Å². The smallest absolute Gasteiger partial charge is 0.407 e. The fraction of sp³-hybridized carbons (Fsp3) is 0.250. The summed E-state index contributed by atoms with van der Waals surface area (Å²) in [6.07, 6.45) is -1.37. The van der Waals surface area contributed by atoms with Crippen LogP contribution in [0.3, 0.4) is 0 Å². The van der Waals surface area contributed by atoms with Crippen LogP contribution in [0.5, 0.6) is 0 Å². The number of hydrogen-bond donors (Lipinski definition) is 2. The van der Waals surface area contributed by atoms with Crippen LogP contribution >= 0.6 is 0 Å². The quantitative estimate of drug-likeness (QED) is 0.500. The normalized spacial score (nSPS) is 13.8. The number of carboxylic acids is 1. The van der Waals surface area contributed by atoms with Crippen LogP contribution < -0.4 is 5.32 Å². The van der Waals surface area contributed by atoms with Crippen LogP contribution in [-0.2, 0) is 14.3 Å². The molecule has 3 aromatic carbocycles. The van der Waals surface area contributed by atoms with Crippen molar-refractivity contribution in [1.29, 1.82) is 0 Å². The number of carbonyl (C=O) groups is 3. The van der Waals surface area contributed by atoms with Crippen molar-refractivity contribution in [2.75, 3.05) is 13.7 Å². The zero-order chi connectivity index (χ0) is 24.9. The third-order valence-corrected chi connectivity index (χ3v) is 6.52. The second kappa shape index (κ2) is 10.4. The monoisotopic (exact) mass is 472 g/mol. The Labute approximate surface area is 204 Å². The number of fused-ring (bicyclic) bond motifs is 3. The van der Waals surface area contributed by atoms with E-state index >= 15 is 0 Å². The molecule has 0 fully saturated rings. The fourth-order valence-electron chi connectivity index (χ4n) is 4.55. The summed E-state index contributed by atoms with van der Waals surface area (Å²) < 4.78 is 5.51. The Morgan fingerprint density at radius 1 is 0.914 bits per heavy atom. The predicted molar refractivity (Wildman–Crippen MR) is 132 cm³/mol. The summed E-state index contributed by atoms with van der Waals surface area (Å²) in [7, 11) is 1.59. The van der Waals surface area contributed by atoms with Crippen LogP contribution in [0.25, 0.3) is 11.1 Å². The Hall–Kier alpha value is -4.13. The van der Waals surface area contributed by atoms with Gasteiger partial charge < -0.3 is 20.1 Å². The van der Waals surface area contributed by atoms with Gasteiger partial charge >= 0.3 is 12.1 Å². The van der Waals surface area contributed by atoms with Crippen molar-refractivity contribution in [3.8, 4) is 11.1 Å². The maximum absolute atomic E-state index is 13.1. The highest BCUT2D eigenvalue weighted by Gasteiger charge is 2.32. The molecule has 7 nitrogen and oxygen atoms in total. The average molecular weight is 473 g/mol. The summed E-state index contributed by atoms with van der Waals surface area (Å²) in [6.45, 7) is 1.92. The van der Waals surface area contributed by atoms with Crippen LogP contribution in [0.4, 0.5) is 4.79 Å². The summed E-state index contributed by atoms with van der Waals surface area (Å²) in [6, 6.07) is 23.8. The Morgan fingerprint density at radius 2 is 1.46 bits per heavy atom. The van der Waals surface area contributed by atoms with Gasteiger partial charge in [0.25, 0.3) is 0 Å². The number of carbonyl (C=O) groups excluding carboxylic acids is 2. The Balaban J connectivity index is 1.44. The van der Waals surface area contributed by atoms with Gasteiger partial charge in [0.2, 0.25) is 5.91 Å². The first-order valence-corrected chi connectivity index (χ1v) is 11.5. The zero-order valence-electron chi connectivity index (χ0n) is 19.7. The third-order valence-electron chi connectivity index (χ3n) is 6.52. The van der Waals surface area contributed by atoms with Crippen LogP contribution in [0, 0.1) is 0 Å². The van der Waals surface area contributed by atoms with Gasteiger partial charge in [-0.1, -0.05) is 78.9 Å². The third kappa shape index (κ3) is 5.19. The largest absolute Gasteiger partial charge is 0.481 e. The molecule has 1 aliphatic carbocycles. The van der Waals surface area contributed by atoms with E-state index in [9.17, 15) is 19.5 Å². The predicted octanol–water partition coefficient (Wildman–Crippen LogP) is 4.59. The van der Waals surface area contributed by atoms with Crippen molar-refractivity contribution in [2.24, 2.45) is 0 Å². The van der Waals surface area contributed by atoms with E-state index in [1.54, 1.807) is 7.05 Å². The molecule has 0 saturated carbocycles. The molecule has 35 heavy (non-hydrogen) atoms. The van der Waals surface area contributed by atoms with E-state index in [0.29, 0.717) is 0 Å². The molecule has 0 radical (unpaired) electrons.